The first-order valence-corrected chi connectivity index (χ1v) is 6.40. The molecule has 1 atom stereocenters. The fraction of sp³-hybridized carbons (Fsp3) is 1.00. The van der Waals surface area contributed by atoms with E-state index in [0.29, 0.717) is 6.42 Å². The van der Waals surface area contributed by atoms with E-state index < -0.39 is 0 Å². The number of rotatable bonds is 6. The van der Waals surface area contributed by atoms with Gasteiger partial charge in [-0.1, -0.05) is 0 Å². The van der Waals surface area contributed by atoms with Crippen LogP contribution in [0.5, 0.6) is 0 Å². The van der Waals surface area contributed by atoms with Gasteiger partial charge in [0.05, 0.1) is 6.67 Å². The fourth-order valence-electron chi connectivity index (χ4n) is 2.43. The van der Waals surface area contributed by atoms with Crippen LogP contribution in [0.2, 0.25) is 0 Å². The van der Waals surface area contributed by atoms with Gasteiger partial charge in [0.2, 0.25) is 0 Å². The molecule has 1 aliphatic carbocycles. The molecule has 0 aromatic carbocycles. The van der Waals surface area contributed by atoms with Crippen LogP contribution in [-0.4, -0.2) is 43.8 Å². The summed E-state index contributed by atoms with van der Waals surface area (Å²) in [6.45, 7) is 4.33. The zero-order chi connectivity index (χ0) is 10.5. The summed E-state index contributed by atoms with van der Waals surface area (Å²) in [5.74, 6) is 0.805. The van der Waals surface area contributed by atoms with E-state index in [0.717, 1.165) is 18.5 Å². The van der Waals surface area contributed by atoms with Gasteiger partial charge < -0.3 is 10.2 Å². The Morgan fingerprint density at radius 3 is 2.87 bits per heavy atom. The summed E-state index contributed by atoms with van der Waals surface area (Å²) in [4.78, 5) is 2.43. The molecule has 0 radical (unpaired) electrons. The van der Waals surface area contributed by atoms with E-state index in [2.05, 4.69) is 10.2 Å². The van der Waals surface area contributed by atoms with E-state index in [1.807, 2.05) is 0 Å². The predicted octanol–water partition coefficient (Wildman–Crippen LogP) is 1.81. The maximum Gasteiger partial charge on any atom is 0.0906 e. The Labute approximate surface area is 92.2 Å². The molecule has 2 rings (SSSR count). The first kappa shape index (κ1) is 11.3. The lowest BCUT2D eigenvalue weighted by atomic mass is 9.98. The van der Waals surface area contributed by atoms with E-state index in [1.165, 1.54) is 45.3 Å². The van der Waals surface area contributed by atoms with Crippen molar-refractivity contribution in [1.29, 1.82) is 0 Å². The SMILES string of the molecule is FCCCN1CCCC(CNC2CC2)C1. The Morgan fingerprint density at radius 1 is 1.27 bits per heavy atom. The van der Waals surface area contributed by atoms with Gasteiger partial charge in [-0.05, 0) is 51.1 Å². The van der Waals surface area contributed by atoms with E-state index >= 15 is 0 Å². The topological polar surface area (TPSA) is 15.3 Å². The van der Waals surface area contributed by atoms with E-state index in [4.69, 9.17) is 0 Å². The number of nitrogens with one attached hydrogen (secondary N) is 1. The van der Waals surface area contributed by atoms with Crippen LogP contribution in [0.3, 0.4) is 0 Å². The molecule has 0 aromatic heterocycles. The number of piperidine rings is 1. The molecule has 0 aromatic rings. The van der Waals surface area contributed by atoms with Crippen molar-refractivity contribution in [2.75, 3.05) is 32.9 Å². The lowest BCUT2D eigenvalue weighted by Gasteiger charge is -2.32. The second-order valence-corrected chi connectivity index (χ2v) is 5.03. The molecule has 1 heterocycles. The van der Waals surface area contributed by atoms with Crippen LogP contribution in [0.1, 0.15) is 32.1 Å². The molecule has 15 heavy (non-hydrogen) atoms. The Morgan fingerprint density at radius 2 is 2.13 bits per heavy atom. The van der Waals surface area contributed by atoms with E-state index in [1.54, 1.807) is 0 Å². The van der Waals surface area contributed by atoms with Gasteiger partial charge in [0.1, 0.15) is 0 Å². The summed E-state index contributed by atoms with van der Waals surface area (Å²) in [6, 6.07) is 0.825. The van der Waals surface area contributed by atoms with Crippen LogP contribution < -0.4 is 5.32 Å². The smallest absolute Gasteiger partial charge is 0.0906 e. The summed E-state index contributed by atoms with van der Waals surface area (Å²) < 4.78 is 12.1. The lowest BCUT2D eigenvalue weighted by molar-refractivity contribution is 0.166. The molecule has 0 amide bonds. The van der Waals surface area contributed by atoms with E-state index in [9.17, 15) is 4.39 Å². The van der Waals surface area contributed by atoms with Gasteiger partial charge in [0, 0.05) is 19.1 Å². The Hall–Kier alpha value is -0.150. The van der Waals surface area contributed by atoms with Gasteiger partial charge >= 0.3 is 0 Å². The molecule has 1 N–H and O–H groups in total. The average Bonchev–Trinajstić information content (AvgIpc) is 3.08. The molecule has 3 heteroatoms. The van der Waals surface area contributed by atoms with Crippen LogP contribution >= 0.6 is 0 Å². The third-order valence-electron chi connectivity index (χ3n) is 3.48. The predicted molar refractivity (Wildman–Crippen MR) is 60.8 cm³/mol. The minimum Gasteiger partial charge on any atom is -0.314 e. The van der Waals surface area contributed by atoms with Gasteiger partial charge in [0.15, 0.2) is 0 Å². The highest BCUT2D eigenvalue weighted by atomic mass is 19.1. The zero-order valence-electron chi connectivity index (χ0n) is 9.55. The van der Waals surface area contributed by atoms with Crippen molar-refractivity contribution in [3.63, 3.8) is 0 Å². The zero-order valence-corrected chi connectivity index (χ0v) is 9.55. The van der Waals surface area contributed by atoms with Crippen LogP contribution in [0.15, 0.2) is 0 Å². The minimum atomic E-state index is -0.165. The maximum atomic E-state index is 12.1. The summed E-state index contributed by atoms with van der Waals surface area (Å²) in [5.41, 5.74) is 0. The monoisotopic (exact) mass is 214 g/mol. The van der Waals surface area contributed by atoms with Gasteiger partial charge in [0.25, 0.3) is 0 Å². The third-order valence-corrected chi connectivity index (χ3v) is 3.48. The maximum absolute atomic E-state index is 12.1. The highest BCUT2D eigenvalue weighted by Crippen LogP contribution is 2.21. The molecule has 2 fully saturated rings. The molecule has 2 aliphatic rings. The van der Waals surface area contributed by atoms with Crippen molar-refractivity contribution in [3.8, 4) is 0 Å². The number of nitrogens with zero attached hydrogens (tertiary/aromatic N) is 1. The van der Waals surface area contributed by atoms with Crippen LogP contribution in [-0.2, 0) is 0 Å². The van der Waals surface area contributed by atoms with Crippen LogP contribution in [0.4, 0.5) is 4.39 Å². The van der Waals surface area contributed by atoms with Crippen molar-refractivity contribution in [3.05, 3.63) is 0 Å². The number of hydrogen-bond donors (Lipinski definition) is 1. The van der Waals surface area contributed by atoms with Crippen molar-refractivity contribution >= 4 is 0 Å². The Kier molecular flexibility index (Phi) is 4.39. The largest absolute Gasteiger partial charge is 0.314 e. The number of alkyl halides is 1. The number of likely N-dealkylation sites (tertiary alicyclic amines) is 1. The Balaban J connectivity index is 1.61. The van der Waals surface area contributed by atoms with Gasteiger partial charge in [-0.3, -0.25) is 4.39 Å². The Bertz CT molecular complexity index is 182. The molecule has 1 aliphatic heterocycles. The minimum absolute atomic E-state index is 0.165. The molecule has 88 valence electrons. The molecule has 1 unspecified atom stereocenters. The normalized spacial score (nSPS) is 28.2. The number of halogens is 1. The molecular formula is C12H23FN2. The molecule has 2 nitrogen and oxygen atoms in total. The number of hydrogen-bond acceptors (Lipinski definition) is 2. The second kappa shape index (κ2) is 5.80. The quantitative estimate of drug-likeness (QED) is 0.725. The van der Waals surface area contributed by atoms with Crippen LogP contribution in [0, 0.1) is 5.92 Å². The summed E-state index contributed by atoms with van der Waals surface area (Å²) in [7, 11) is 0. The van der Waals surface area contributed by atoms with Crippen molar-refractivity contribution in [1.82, 2.24) is 10.2 Å². The van der Waals surface area contributed by atoms with Crippen molar-refractivity contribution in [2.45, 2.75) is 38.1 Å². The molecule has 1 saturated heterocycles. The lowest BCUT2D eigenvalue weighted by Crippen LogP contribution is -2.40. The van der Waals surface area contributed by atoms with Gasteiger partial charge in [-0.25, -0.2) is 0 Å². The molecule has 0 spiro atoms. The van der Waals surface area contributed by atoms with Crippen molar-refractivity contribution in [2.24, 2.45) is 5.92 Å². The average molecular weight is 214 g/mol. The third kappa shape index (κ3) is 4.07. The van der Waals surface area contributed by atoms with Crippen LogP contribution in [0.25, 0.3) is 0 Å². The summed E-state index contributed by atoms with van der Waals surface area (Å²) in [5, 5.41) is 3.60. The summed E-state index contributed by atoms with van der Waals surface area (Å²) >= 11 is 0. The van der Waals surface area contributed by atoms with Gasteiger partial charge in [-0.15, -0.1) is 0 Å². The fourth-order valence-corrected chi connectivity index (χ4v) is 2.43. The van der Waals surface area contributed by atoms with Crippen molar-refractivity contribution < 1.29 is 4.39 Å². The van der Waals surface area contributed by atoms with Gasteiger partial charge in [-0.2, -0.15) is 0 Å². The second-order valence-electron chi connectivity index (χ2n) is 5.03. The highest BCUT2D eigenvalue weighted by Gasteiger charge is 2.24. The molecule has 1 saturated carbocycles. The standard InChI is InChI=1S/C12H23FN2/c13-6-2-8-15-7-1-3-11(10-15)9-14-12-4-5-12/h11-12,14H,1-10H2. The first-order valence-electron chi connectivity index (χ1n) is 6.40. The molecular weight excluding hydrogens is 191 g/mol. The first-order chi connectivity index (χ1) is 7.38. The van der Waals surface area contributed by atoms with E-state index in [-0.39, 0.29) is 6.67 Å². The molecule has 0 bridgehead atoms. The highest BCUT2D eigenvalue weighted by molar-refractivity contribution is 4.83. The summed E-state index contributed by atoms with van der Waals surface area (Å²) in [6.07, 6.45) is 6.11.